The number of methoxy groups -OCH3 is 2. The number of ether oxygens (including phenoxy) is 3. The molecule has 0 heterocycles. The van der Waals surface area contributed by atoms with E-state index in [0.29, 0.717) is 22.3 Å². The summed E-state index contributed by atoms with van der Waals surface area (Å²) < 4.78 is 16.4. The number of hydrogen-bond acceptors (Lipinski definition) is 4. The molecule has 1 unspecified atom stereocenters. The highest BCUT2D eigenvalue weighted by molar-refractivity contribution is 6.30. The first-order valence-electron chi connectivity index (χ1n) is 6.84. The van der Waals surface area contributed by atoms with Crippen molar-refractivity contribution in [2.75, 3.05) is 20.8 Å². The molecule has 0 saturated heterocycles. The lowest BCUT2D eigenvalue weighted by Gasteiger charge is -2.17. The smallest absolute Gasteiger partial charge is 0.203 e. The topological polar surface area (TPSA) is 47.9 Å². The molecule has 118 valence electrons. The van der Waals surface area contributed by atoms with Crippen LogP contribution >= 0.6 is 11.6 Å². The lowest BCUT2D eigenvalue weighted by atomic mass is 10.1. The van der Waals surface area contributed by atoms with Gasteiger partial charge in [-0.2, -0.15) is 0 Å². The molecule has 0 spiro atoms. The molecule has 0 fully saturated rings. The van der Waals surface area contributed by atoms with Crippen molar-refractivity contribution in [3.05, 3.63) is 52.5 Å². The maximum absolute atomic E-state index is 10.2. The van der Waals surface area contributed by atoms with E-state index >= 15 is 0 Å². The Hall–Kier alpha value is -1.91. The number of aryl methyl sites for hydroxylation is 1. The Morgan fingerprint density at radius 3 is 2.09 bits per heavy atom. The Morgan fingerprint density at radius 1 is 1.05 bits per heavy atom. The third kappa shape index (κ3) is 3.84. The van der Waals surface area contributed by atoms with Crippen molar-refractivity contribution in [3.63, 3.8) is 0 Å². The molecule has 2 aromatic rings. The van der Waals surface area contributed by atoms with E-state index in [1.54, 1.807) is 38.5 Å². The molecule has 5 heteroatoms. The molecule has 0 bridgehead atoms. The maximum Gasteiger partial charge on any atom is 0.203 e. The van der Waals surface area contributed by atoms with Crippen LogP contribution < -0.4 is 14.2 Å². The van der Waals surface area contributed by atoms with Crippen LogP contribution in [0.4, 0.5) is 0 Å². The fourth-order valence-corrected chi connectivity index (χ4v) is 2.22. The van der Waals surface area contributed by atoms with Crippen LogP contribution in [0.3, 0.4) is 0 Å². The Bertz CT molecular complexity index is 600. The van der Waals surface area contributed by atoms with E-state index in [-0.39, 0.29) is 6.61 Å². The highest BCUT2D eigenvalue weighted by atomic mass is 35.5. The molecule has 0 aromatic heterocycles. The zero-order valence-electron chi connectivity index (χ0n) is 12.8. The molecule has 0 aliphatic carbocycles. The number of halogens is 1. The highest BCUT2D eigenvalue weighted by Gasteiger charge is 2.16. The van der Waals surface area contributed by atoms with Crippen LogP contribution in [0.1, 0.15) is 17.2 Å². The lowest BCUT2D eigenvalue weighted by molar-refractivity contribution is 0.104. The summed E-state index contributed by atoms with van der Waals surface area (Å²) in [7, 11) is 3.13. The molecule has 0 radical (unpaired) electrons. The van der Waals surface area contributed by atoms with Crippen LogP contribution in [0.2, 0.25) is 5.02 Å². The molecular weight excluding hydrogens is 304 g/mol. The monoisotopic (exact) mass is 322 g/mol. The number of rotatable bonds is 6. The van der Waals surface area contributed by atoms with Gasteiger partial charge in [0.1, 0.15) is 12.7 Å². The molecule has 2 aromatic carbocycles. The minimum absolute atomic E-state index is 0.0808. The standard InChI is InChI=1S/C17H19ClO4/c1-11-8-15(20-2)17(16(9-11)21-3)22-10-14(19)12-4-6-13(18)7-5-12/h4-9,14,19H,10H2,1-3H3. The summed E-state index contributed by atoms with van der Waals surface area (Å²) in [6.45, 7) is 2.02. The van der Waals surface area contributed by atoms with E-state index in [2.05, 4.69) is 0 Å². The van der Waals surface area contributed by atoms with Crippen LogP contribution in [-0.2, 0) is 0 Å². The van der Waals surface area contributed by atoms with Gasteiger partial charge in [0, 0.05) is 5.02 Å². The number of aliphatic hydroxyl groups excluding tert-OH is 1. The normalized spacial score (nSPS) is 11.9. The first-order valence-corrected chi connectivity index (χ1v) is 7.22. The zero-order chi connectivity index (χ0) is 16.1. The van der Waals surface area contributed by atoms with Crippen molar-refractivity contribution in [2.45, 2.75) is 13.0 Å². The van der Waals surface area contributed by atoms with Crippen LogP contribution in [-0.4, -0.2) is 25.9 Å². The predicted octanol–water partition coefficient (Wildman–Crippen LogP) is 3.78. The first-order chi connectivity index (χ1) is 10.5. The van der Waals surface area contributed by atoms with E-state index in [1.807, 2.05) is 19.1 Å². The summed E-state index contributed by atoms with van der Waals surface area (Å²) in [5.41, 5.74) is 1.73. The molecule has 1 atom stereocenters. The predicted molar refractivity (Wildman–Crippen MR) is 86.2 cm³/mol. The largest absolute Gasteiger partial charge is 0.493 e. The van der Waals surface area contributed by atoms with Gasteiger partial charge in [-0.15, -0.1) is 0 Å². The Labute approximate surface area is 135 Å². The van der Waals surface area contributed by atoms with Crippen molar-refractivity contribution in [1.82, 2.24) is 0 Å². The van der Waals surface area contributed by atoms with E-state index in [1.165, 1.54) is 0 Å². The second kappa shape index (κ2) is 7.38. The van der Waals surface area contributed by atoms with Gasteiger partial charge in [-0.25, -0.2) is 0 Å². The minimum atomic E-state index is -0.770. The van der Waals surface area contributed by atoms with Gasteiger partial charge in [-0.3, -0.25) is 0 Å². The van der Waals surface area contributed by atoms with Crippen LogP contribution in [0.5, 0.6) is 17.2 Å². The summed E-state index contributed by atoms with van der Waals surface area (Å²) in [4.78, 5) is 0. The summed E-state index contributed by atoms with van der Waals surface area (Å²) in [6.07, 6.45) is -0.770. The average molecular weight is 323 g/mol. The molecule has 22 heavy (non-hydrogen) atoms. The summed E-state index contributed by atoms with van der Waals surface area (Å²) in [6, 6.07) is 10.7. The van der Waals surface area contributed by atoms with Gasteiger partial charge in [0.2, 0.25) is 5.75 Å². The molecule has 4 nitrogen and oxygen atoms in total. The van der Waals surface area contributed by atoms with Gasteiger partial charge in [-0.05, 0) is 42.3 Å². The van der Waals surface area contributed by atoms with Crippen LogP contribution in [0, 0.1) is 6.92 Å². The van der Waals surface area contributed by atoms with Gasteiger partial charge < -0.3 is 19.3 Å². The van der Waals surface area contributed by atoms with E-state index in [4.69, 9.17) is 25.8 Å². The van der Waals surface area contributed by atoms with Crippen molar-refractivity contribution in [2.24, 2.45) is 0 Å². The van der Waals surface area contributed by atoms with Crippen molar-refractivity contribution in [3.8, 4) is 17.2 Å². The molecule has 0 aliphatic heterocycles. The third-order valence-corrected chi connectivity index (χ3v) is 3.50. The molecule has 1 N–H and O–H groups in total. The van der Waals surface area contributed by atoms with Gasteiger partial charge in [0.25, 0.3) is 0 Å². The Morgan fingerprint density at radius 2 is 1.59 bits per heavy atom. The number of hydrogen-bond donors (Lipinski definition) is 1. The molecule has 0 amide bonds. The zero-order valence-corrected chi connectivity index (χ0v) is 13.6. The van der Waals surface area contributed by atoms with Gasteiger partial charge in [0.05, 0.1) is 14.2 Å². The fraction of sp³-hybridized carbons (Fsp3) is 0.294. The molecule has 2 rings (SSSR count). The summed E-state index contributed by atoms with van der Waals surface area (Å²) in [5.74, 6) is 1.61. The molecular formula is C17H19ClO4. The van der Waals surface area contributed by atoms with Crippen molar-refractivity contribution in [1.29, 1.82) is 0 Å². The minimum Gasteiger partial charge on any atom is -0.493 e. The van der Waals surface area contributed by atoms with Gasteiger partial charge in [-0.1, -0.05) is 23.7 Å². The lowest BCUT2D eigenvalue weighted by Crippen LogP contribution is -2.11. The fourth-order valence-electron chi connectivity index (χ4n) is 2.10. The van der Waals surface area contributed by atoms with Crippen molar-refractivity contribution >= 4 is 11.6 Å². The Kier molecular flexibility index (Phi) is 5.52. The van der Waals surface area contributed by atoms with E-state index in [0.717, 1.165) is 11.1 Å². The highest BCUT2D eigenvalue weighted by Crippen LogP contribution is 2.38. The van der Waals surface area contributed by atoms with Crippen molar-refractivity contribution < 1.29 is 19.3 Å². The number of benzene rings is 2. The second-order valence-electron chi connectivity index (χ2n) is 4.88. The summed E-state index contributed by atoms with van der Waals surface area (Å²) in [5, 5.41) is 10.8. The van der Waals surface area contributed by atoms with Crippen LogP contribution in [0.25, 0.3) is 0 Å². The Balaban J connectivity index is 2.15. The second-order valence-corrected chi connectivity index (χ2v) is 5.31. The quantitative estimate of drug-likeness (QED) is 0.879. The third-order valence-electron chi connectivity index (χ3n) is 3.25. The number of aliphatic hydroxyl groups is 1. The maximum atomic E-state index is 10.2. The average Bonchev–Trinajstić information content (AvgIpc) is 2.53. The summed E-state index contributed by atoms with van der Waals surface area (Å²) >= 11 is 5.84. The SMILES string of the molecule is COc1cc(C)cc(OC)c1OCC(O)c1ccc(Cl)cc1. The van der Waals surface area contributed by atoms with E-state index < -0.39 is 6.10 Å². The van der Waals surface area contributed by atoms with Gasteiger partial charge >= 0.3 is 0 Å². The van der Waals surface area contributed by atoms with Crippen LogP contribution in [0.15, 0.2) is 36.4 Å². The van der Waals surface area contributed by atoms with E-state index in [9.17, 15) is 5.11 Å². The van der Waals surface area contributed by atoms with Gasteiger partial charge in [0.15, 0.2) is 11.5 Å². The first kappa shape index (κ1) is 16.5. The molecule has 0 saturated carbocycles. The molecule has 0 aliphatic rings.